The Kier molecular flexibility index (Phi) is 4.25. The van der Waals surface area contributed by atoms with Crippen molar-refractivity contribution < 1.29 is 4.79 Å². The summed E-state index contributed by atoms with van der Waals surface area (Å²) in [5.74, 6) is -0.443. The van der Waals surface area contributed by atoms with Crippen LogP contribution >= 0.6 is 0 Å². The van der Waals surface area contributed by atoms with Crippen LogP contribution in [0.25, 0.3) is 6.08 Å². The molecule has 1 N–H and O–H groups in total. The number of aromatic nitrogens is 1. The van der Waals surface area contributed by atoms with E-state index in [-0.39, 0.29) is 5.57 Å². The van der Waals surface area contributed by atoms with Gasteiger partial charge in [-0.15, -0.1) is 0 Å². The van der Waals surface area contributed by atoms with E-state index in [0.29, 0.717) is 5.69 Å². The fraction of sp³-hybridized carbons (Fsp3) is 0.0625. The summed E-state index contributed by atoms with van der Waals surface area (Å²) >= 11 is 0. The van der Waals surface area contributed by atoms with Gasteiger partial charge in [0.25, 0.3) is 5.91 Å². The molecule has 4 nitrogen and oxygen atoms in total. The number of amides is 1. The van der Waals surface area contributed by atoms with E-state index in [9.17, 15) is 4.79 Å². The molecule has 1 amide bonds. The van der Waals surface area contributed by atoms with Crippen molar-refractivity contribution >= 4 is 17.7 Å². The van der Waals surface area contributed by atoms with Crippen molar-refractivity contribution in [3.8, 4) is 6.07 Å². The van der Waals surface area contributed by atoms with Gasteiger partial charge in [-0.3, -0.25) is 9.78 Å². The van der Waals surface area contributed by atoms with Gasteiger partial charge in [-0.25, -0.2) is 0 Å². The SMILES string of the molecule is Cc1cccc(/C=C(\C#N)C(=O)Nc2cccnc2)c1. The van der Waals surface area contributed by atoms with Gasteiger partial charge in [-0.1, -0.05) is 29.8 Å². The molecular weight excluding hydrogens is 250 g/mol. The van der Waals surface area contributed by atoms with E-state index < -0.39 is 5.91 Å². The average Bonchev–Trinajstić information content (AvgIpc) is 2.46. The molecule has 0 aliphatic rings. The van der Waals surface area contributed by atoms with Gasteiger partial charge in [0.05, 0.1) is 11.9 Å². The highest BCUT2D eigenvalue weighted by Crippen LogP contribution is 2.11. The lowest BCUT2D eigenvalue weighted by Crippen LogP contribution is -2.13. The number of benzene rings is 1. The first-order chi connectivity index (χ1) is 9.69. The number of aryl methyl sites for hydroxylation is 1. The molecule has 0 aliphatic heterocycles. The Morgan fingerprint density at radius 1 is 1.35 bits per heavy atom. The zero-order chi connectivity index (χ0) is 14.4. The van der Waals surface area contributed by atoms with Gasteiger partial charge in [-0.2, -0.15) is 5.26 Å². The molecule has 98 valence electrons. The Hall–Kier alpha value is -2.93. The predicted molar refractivity (Wildman–Crippen MR) is 77.6 cm³/mol. The highest BCUT2D eigenvalue weighted by molar-refractivity contribution is 6.09. The zero-order valence-electron chi connectivity index (χ0n) is 11.0. The first-order valence-corrected chi connectivity index (χ1v) is 6.09. The largest absolute Gasteiger partial charge is 0.320 e. The molecule has 0 atom stereocenters. The van der Waals surface area contributed by atoms with Gasteiger partial charge in [-0.05, 0) is 30.7 Å². The number of nitriles is 1. The van der Waals surface area contributed by atoms with Crippen LogP contribution in [-0.4, -0.2) is 10.9 Å². The monoisotopic (exact) mass is 263 g/mol. The molecule has 4 heteroatoms. The molecule has 1 aromatic carbocycles. The van der Waals surface area contributed by atoms with Crippen molar-refractivity contribution in [3.63, 3.8) is 0 Å². The number of carbonyl (C=O) groups excluding carboxylic acids is 1. The van der Waals surface area contributed by atoms with Crippen LogP contribution in [0, 0.1) is 18.3 Å². The number of hydrogen-bond acceptors (Lipinski definition) is 3. The van der Waals surface area contributed by atoms with Crippen LogP contribution in [0.15, 0.2) is 54.4 Å². The summed E-state index contributed by atoms with van der Waals surface area (Å²) in [6.45, 7) is 1.96. The molecule has 1 heterocycles. The second-order valence-electron chi connectivity index (χ2n) is 4.28. The van der Waals surface area contributed by atoms with Gasteiger partial charge >= 0.3 is 0 Å². The Balaban J connectivity index is 2.20. The first-order valence-electron chi connectivity index (χ1n) is 6.09. The predicted octanol–water partition coefficient (Wildman–Crippen LogP) is 2.94. The number of nitrogens with one attached hydrogen (secondary N) is 1. The number of pyridine rings is 1. The second-order valence-corrected chi connectivity index (χ2v) is 4.28. The van der Waals surface area contributed by atoms with Crippen LogP contribution in [0.4, 0.5) is 5.69 Å². The van der Waals surface area contributed by atoms with Crippen molar-refractivity contribution in [3.05, 3.63) is 65.5 Å². The summed E-state index contributed by atoms with van der Waals surface area (Å²) in [5.41, 5.74) is 2.51. The van der Waals surface area contributed by atoms with E-state index in [1.807, 2.05) is 37.3 Å². The summed E-state index contributed by atoms with van der Waals surface area (Å²) in [6.07, 6.45) is 4.71. The summed E-state index contributed by atoms with van der Waals surface area (Å²) in [4.78, 5) is 15.9. The Labute approximate surface area is 117 Å². The van der Waals surface area contributed by atoms with Gasteiger partial charge < -0.3 is 5.32 Å². The standard InChI is InChI=1S/C16H13N3O/c1-12-4-2-5-13(8-12)9-14(10-17)16(20)19-15-6-3-7-18-11-15/h2-9,11H,1H3,(H,19,20)/b14-9+. The van der Waals surface area contributed by atoms with Crippen molar-refractivity contribution in [1.29, 1.82) is 5.26 Å². The molecule has 2 rings (SSSR count). The van der Waals surface area contributed by atoms with Crippen LogP contribution in [0.3, 0.4) is 0 Å². The molecule has 0 saturated carbocycles. The van der Waals surface area contributed by atoms with Crippen molar-refractivity contribution in [1.82, 2.24) is 4.98 Å². The van der Waals surface area contributed by atoms with E-state index in [1.165, 1.54) is 6.20 Å². The first kappa shape index (κ1) is 13.5. The second kappa shape index (κ2) is 6.30. The molecular formula is C16H13N3O. The molecule has 0 bridgehead atoms. The lowest BCUT2D eigenvalue weighted by Gasteiger charge is -2.03. The molecule has 0 unspecified atom stereocenters. The van der Waals surface area contributed by atoms with E-state index >= 15 is 0 Å². The fourth-order valence-electron chi connectivity index (χ4n) is 1.71. The number of carbonyl (C=O) groups is 1. The lowest BCUT2D eigenvalue weighted by molar-refractivity contribution is -0.112. The van der Waals surface area contributed by atoms with Gasteiger partial charge in [0.1, 0.15) is 11.6 Å². The average molecular weight is 263 g/mol. The quantitative estimate of drug-likeness (QED) is 0.684. The fourth-order valence-corrected chi connectivity index (χ4v) is 1.71. The summed E-state index contributed by atoms with van der Waals surface area (Å²) in [7, 11) is 0. The van der Waals surface area contributed by atoms with Gasteiger partial charge in [0, 0.05) is 6.20 Å². The highest BCUT2D eigenvalue weighted by atomic mass is 16.1. The van der Waals surface area contributed by atoms with Crippen LogP contribution in [-0.2, 0) is 4.79 Å². The van der Waals surface area contributed by atoms with Crippen LogP contribution in [0.5, 0.6) is 0 Å². The minimum absolute atomic E-state index is 0.0550. The summed E-state index contributed by atoms with van der Waals surface area (Å²) in [5, 5.41) is 11.7. The zero-order valence-corrected chi connectivity index (χ0v) is 11.0. The normalized spacial score (nSPS) is 10.7. The number of rotatable bonds is 3. The molecule has 20 heavy (non-hydrogen) atoms. The van der Waals surface area contributed by atoms with Crippen LogP contribution in [0.2, 0.25) is 0 Å². The molecule has 0 spiro atoms. The van der Waals surface area contributed by atoms with E-state index in [4.69, 9.17) is 5.26 Å². The van der Waals surface area contributed by atoms with Crippen LogP contribution < -0.4 is 5.32 Å². The minimum Gasteiger partial charge on any atom is -0.320 e. The summed E-state index contributed by atoms with van der Waals surface area (Å²) in [6, 6.07) is 12.9. The molecule has 1 aromatic heterocycles. The third-order valence-corrected chi connectivity index (χ3v) is 2.64. The molecule has 0 saturated heterocycles. The lowest BCUT2D eigenvalue weighted by atomic mass is 10.1. The van der Waals surface area contributed by atoms with Crippen molar-refractivity contribution in [2.24, 2.45) is 0 Å². The van der Waals surface area contributed by atoms with Crippen molar-refractivity contribution in [2.45, 2.75) is 6.92 Å². The number of hydrogen-bond donors (Lipinski definition) is 1. The molecule has 2 aromatic rings. The van der Waals surface area contributed by atoms with E-state index in [0.717, 1.165) is 11.1 Å². The summed E-state index contributed by atoms with van der Waals surface area (Å²) < 4.78 is 0. The maximum Gasteiger partial charge on any atom is 0.266 e. The maximum absolute atomic E-state index is 12.0. The Morgan fingerprint density at radius 2 is 2.20 bits per heavy atom. The molecule has 0 aliphatic carbocycles. The Bertz CT molecular complexity index is 684. The Morgan fingerprint density at radius 3 is 2.85 bits per heavy atom. The molecule has 0 fully saturated rings. The van der Waals surface area contributed by atoms with E-state index in [1.54, 1.807) is 24.4 Å². The number of anilines is 1. The topological polar surface area (TPSA) is 65.8 Å². The highest BCUT2D eigenvalue weighted by Gasteiger charge is 2.09. The van der Waals surface area contributed by atoms with Crippen molar-refractivity contribution in [2.75, 3.05) is 5.32 Å². The molecule has 0 radical (unpaired) electrons. The third-order valence-electron chi connectivity index (χ3n) is 2.64. The van der Waals surface area contributed by atoms with Gasteiger partial charge in [0.2, 0.25) is 0 Å². The minimum atomic E-state index is -0.443. The smallest absolute Gasteiger partial charge is 0.266 e. The third kappa shape index (κ3) is 3.53. The van der Waals surface area contributed by atoms with Gasteiger partial charge in [0.15, 0.2) is 0 Å². The number of nitrogens with zero attached hydrogens (tertiary/aromatic N) is 2. The maximum atomic E-state index is 12.0. The van der Waals surface area contributed by atoms with E-state index in [2.05, 4.69) is 10.3 Å². The van der Waals surface area contributed by atoms with Crippen LogP contribution in [0.1, 0.15) is 11.1 Å².